The Morgan fingerprint density at radius 2 is 2.04 bits per heavy atom. The van der Waals surface area contributed by atoms with Crippen molar-refractivity contribution in [2.45, 2.75) is 13.2 Å². The van der Waals surface area contributed by atoms with Gasteiger partial charge in [-0.25, -0.2) is 9.78 Å². The Balaban J connectivity index is 1.60. The van der Waals surface area contributed by atoms with Gasteiger partial charge in [0.15, 0.2) is 16.6 Å². The normalized spacial score (nSPS) is 10.8. The number of fused-ring (bicyclic) bond motifs is 1. The van der Waals surface area contributed by atoms with Gasteiger partial charge in [0.25, 0.3) is 0 Å². The largest absolute Gasteiger partial charge is 0.493 e. The molecule has 1 aromatic heterocycles. The van der Waals surface area contributed by atoms with E-state index in [2.05, 4.69) is 20.4 Å². The number of hydrogen-bond donors (Lipinski definition) is 2. The second kappa shape index (κ2) is 7.96. The van der Waals surface area contributed by atoms with E-state index in [1.165, 1.54) is 30.6 Å². The summed E-state index contributed by atoms with van der Waals surface area (Å²) in [5.74, 6) is 0.0985. The zero-order valence-corrected chi connectivity index (χ0v) is 14.5. The second-order valence-electron chi connectivity index (χ2n) is 5.16. The number of nitrogens with one attached hydrogen (secondary N) is 2. The lowest BCUT2D eigenvalue weighted by Crippen LogP contribution is -2.28. The monoisotopic (exact) mass is 379 g/mol. The Morgan fingerprint density at radius 3 is 2.77 bits per heavy atom. The van der Waals surface area contributed by atoms with Gasteiger partial charge < -0.3 is 14.8 Å². The fraction of sp³-hybridized carbons (Fsp3) is 0.176. The standard InChI is InChI=1S/C17H15F2N3O3S/c1-24-13-8-10(6-7-12(13)25-15(18)19)9-20-16(23)22-17-21-11-4-2-3-5-14(11)26-17/h2-8,15H,9H2,1H3,(H2,20,21,22,23). The van der Waals surface area contributed by atoms with Crippen molar-refractivity contribution in [2.24, 2.45) is 0 Å². The maximum Gasteiger partial charge on any atom is 0.387 e. The first-order chi connectivity index (χ1) is 12.5. The summed E-state index contributed by atoms with van der Waals surface area (Å²) < 4.78 is 35.0. The highest BCUT2D eigenvalue weighted by Crippen LogP contribution is 2.29. The molecular formula is C17H15F2N3O3S. The minimum absolute atomic E-state index is 0.0647. The van der Waals surface area contributed by atoms with Crippen LogP contribution < -0.4 is 20.1 Å². The molecule has 0 spiro atoms. The summed E-state index contributed by atoms with van der Waals surface area (Å²) in [4.78, 5) is 16.3. The van der Waals surface area contributed by atoms with Gasteiger partial charge in [-0.1, -0.05) is 29.5 Å². The number of methoxy groups -OCH3 is 1. The SMILES string of the molecule is COc1cc(CNC(=O)Nc2nc3ccccc3s2)ccc1OC(F)F. The zero-order chi connectivity index (χ0) is 18.5. The molecule has 0 radical (unpaired) electrons. The molecule has 2 amide bonds. The molecule has 0 unspecified atom stereocenters. The summed E-state index contributed by atoms with van der Waals surface area (Å²) in [5, 5.41) is 5.83. The van der Waals surface area contributed by atoms with Gasteiger partial charge in [0.2, 0.25) is 0 Å². The Labute approximate surface area is 151 Å². The molecule has 3 aromatic rings. The molecule has 2 N–H and O–H groups in total. The third-order valence-corrected chi connectivity index (χ3v) is 4.36. The molecule has 6 nitrogen and oxygen atoms in total. The van der Waals surface area contributed by atoms with Crippen LogP contribution in [0.15, 0.2) is 42.5 Å². The number of thiazole rings is 1. The number of amides is 2. The van der Waals surface area contributed by atoms with Crippen LogP contribution in [-0.2, 0) is 6.54 Å². The Hall–Kier alpha value is -2.94. The van der Waals surface area contributed by atoms with Crippen molar-refractivity contribution in [3.05, 3.63) is 48.0 Å². The molecular weight excluding hydrogens is 364 g/mol. The highest BCUT2D eigenvalue weighted by Gasteiger charge is 2.12. The molecule has 26 heavy (non-hydrogen) atoms. The zero-order valence-electron chi connectivity index (χ0n) is 13.7. The lowest BCUT2D eigenvalue weighted by atomic mass is 10.2. The van der Waals surface area contributed by atoms with Gasteiger partial charge in [-0.15, -0.1) is 0 Å². The molecule has 0 saturated carbocycles. The number of rotatable bonds is 6. The first kappa shape index (κ1) is 17.9. The summed E-state index contributed by atoms with van der Waals surface area (Å²) in [6.07, 6.45) is 0. The van der Waals surface area contributed by atoms with Crippen LogP contribution in [0, 0.1) is 0 Å². The van der Waals surface area contributed by atoms with Crippen LogP contribution in [0.1, 0.15) is 5.56 Å². The fourth-order valence-electron chi connectivity index (χ4n) is 2.26. The smallest absolute Gasteiger partial charge is 0.387 e. The van der Waals surface area contributed by atoms with Crippen LogP contribution in [0.3, 0.4) is 0 Å². The van der Waals surface area contributed by atoms with E-state index in [9.17, 15) is 13.6 Å². The Morgan fingerprint density at radius 1 is 1.23 bits per heavy atom. The topological polar surface area (TPSA) is 72.5 Å². The van der Waals surface area contributed by atoms with Gasteiger partial charge in [-0.2, -0.15) is 8.78 Å². The number of hydrogen-bond acceptors (Lipinski definition) is 5. The van der Waals surface area contributed by atoms with Gasteiger partial charge in [-0.05, 0) is 29.8 Å². The van der Waals surface area contributed by atoms with Crippen molar-refractivity contribution in [1.29, 1.82) is 0 Å². The van der Waals surface area contributed by atoms with Crippen molar-refractivity contribution in [3.63, 3.8) is 0 Å². The van der Waals surface area contributed by atoms with Gasteiger partial charge >= 0.3 is 12.6 Å². The van der Waals surface area contributed by atoms with E-state index in [0.717, 1.165) is 10.2 Å². The molecule has 0 saturated heterocycles. The number of aromatic nitrogens is 1. The highest BCUT2D eigenvalue weighted by atomic mass is 32.1. The molecule has 9 heteroatoms. The minimum atomic E-state index is -2.94. The summed E-state index contributed by atoms with van der Waals surface area (Å²) in [6.45, 7) is -2.75. The van der Waals surface area contributed by atoms with E-state index in [-0.39, 0.29) is 18.0 Å². The van der Waals surface area contributed by atoms with Crippen LogP contribution in [-0.4, -0.2) is 24.7 Å². The number of halogens is 2. The highest BCUT2D eigenvalue weighted by molar-refractivity contribution is 7.22. The predicted molar refractivity (Wildman–Crippen MR) is 95.1 cm³/mol. The van der Waals surface area contributed by atoms with Crippen LogP contribution in [0.4, 0.5) is 18.7 Å². The van der Waals surface area contributed by atoms with Crippen molar-refractivity contribution in [1.82, 2.24) is 10.3 Å². The Bertz CT molecular complexity index is 884. The van der Waals surface area contributed by atoms with Gasteiger partial charge in [0.05, 0.1) is 17.3 Å². The van der Waals surface area contributed by atoms with Crippen molar-refractivity contribution < 1.29 is 23.0 Å². The van der Waals surface area contributed by atoms with E-state index in [4.69, 9.17) is 4.74 Å². The first-order valence-electron chi connectivity index (χ1n) is 7.57. The van der Waals surface area contributed by atoms with Crippen LogP contribution in [0.2, 0.25) is 0 Å². The maximum absolute atomic E-state index is 12.3. The molecule has 0 fully saturated rings. The summed E-state index contributed by atoms with van der Waals surface area (Å²) in [7, 11) is 1.35. The predicted octanol–water partition coefficient (Wildman–Crippen LogP) is 4.23. The number of alkyl halides is 2. The van der Waals surface area contributed by atoms with Crippen LogP contribution >= 0.6 is 11.3 Å². The average Bonchev–Trinajstić information content (AvgIpc) is 3.02. The lowest BCUT2D eigenvalue weighted by molar-refractivity contribution is -0.0512. The summed E-state index contributed by atoms with van der Waals surface area (Å²) in [5.41, 5.74) is 1.48. The van der Waals surface area contributed by atoms with E-state index in [1.54, 1.807) is 6.07 Å². The third-order valence-electron chi connectivity index (χ3n) is 3.41. The van der Waals surface area contributed by atoms with Crippen molar-refractivity contribution in [3.8, 4) is 11.5 Å². The number of anilines is 1. The van der Waals surface area contributed by atoms with Gasteiger partial charge in [0, 0.05) is 6.54 Å². The van der Waals surface area contributed by atoms with E-state index in [0.29, 0.717) is 10.7 Å². The molecule has 0 aliphatic heterocycles. The number of carbonyl (C=O) groups excluding carboxylic acids is 1. The van der Waals surface area contributed by atoms with E-state index in [1.807, 2.05) is 24.3 Å². The maximum atomic E-state index is 12.3. The molecule has 0 bridgehead atoms. The third kappa shape index (κ3) is 4.37. The molecule has 0 aliphatic rings. The molecule has 3 rings (SSSR count). The number of ether oxygens (including phenoxy) is 2. The van der Waals surface area contributed by atoms with Gasteiger partial charge in [-0.3, -0.25) is 5.32 Å². The second-order valence-corrected chi connectivity index (χ2v) is 6.19. The van der Waals surface area contributed by atoms with Crippen LogP contribution in [0.25, 0.3) is 10.2 Å². The average molecular weight is 379 g/mol. The van der Waals surface area contributed by atoms with E-state index >= 15 is 0 Å². The molecule has 136 valence electrons. The number of benzene rings is 2. The molecule has 2 aromatic carbocycles. The lowest BCUT2D eigenvalue weighted by Gasteiger charge is -2.12. The summed E-state index contributed by atoms with van der Waals surface area (Å²) in [6, 6.07) is 11.6. The fourth-order valence-corrected chi connectivity index (χ4v) is 3.13. The van der Waals surface area contributed by atoms with Crippen LogP contribution in [0.5, 0.6) is 11.5 Å². The molecule has 0 aliphatic carbocycles. The Kier molecular flexibility index (Phi) is 5.47. The first-order valence-corrected chi connectivity index (χ1v) is 8.39. The number of carbonyl (C=O) groups is 1. The van der Waals surface area contributed by atoms with Crippen molar-refractivity contribution in [2.75, 3.05) is 12.4 Å². The molecule has 1 heterocycles. The number of urea groups is 1. The number of para-hydroxylation sites is 1. The summed E-state index contributed by atoms with van der Waals surface area (Å²) >= 11 is 1.37. The number of nitrogens with zero attached hydrogens (tertiary/aromatic N) is 1. The van der Waals surface area contributed by atoms with E-state index < -0.39 is 12.6 Å². The molecule has 0 atom stereocenters. The van der Waals surface area contributed by atoms with Gasteiger partial charge in [0.1, 0.15) is 0 Å². The minimum Gasteiger partial charge on any atom is -0.493 e. The quantitative estimate of drug-likeness (QED) is 0.672. The van der Waals surface area contributed by atoms with Crippen molar-refractivity contribution >= 4 is 32.7 Å².